The number of aliphatic imine (C=N–C) groups is 1. The molecule has 0 radical (unpaired) electrons. The maximum Gasteiger partial charge on any atom is 0.274 e. The third-order valence-corrected chi connectivity index (χ3v) is 5.19. The molecular formula is C17H21N7OS. The van der Waals surface area contributed by atoms with Gasteiger partial charge in [0.1, 0.15) is 5.69 Å². The maximum atomic E-state index is 11.5. The molecule has 0 aliphatic carbocycles. The van der Waals surface area contributed by atoms with E-state index in [0.717, 1.165) is 35.1 Å². The van der Waals surface area contributed by atoms with Crippen molar-refractivity contribution in [3.05, 3.63) is 45.9 Å². The summed E-state index contributed by atoms with van der Waals surface area (Å²) in [6.07, 6.45) is 1.12. The van der Waals surface area contributed by atoms with Crippen LogP contribution in [-0.4, -0.2) is 37.9 Å². The van der Waals surface area contributed by atoms with E-state index in [9.17, 15) is 4.79 Å². The fourth-order valence-electron chi connectivity index (χ4n) is 2.26. The zero-order valence-corrected chi connectivity index (χ0v) is 15.7. The number of aromatic nitrogens is 3. The molecule has 0 saturated carbocycles. The van der Waals surface area contributed by atoms with Crippen LogP contribution in [0, 0.1) is 6.92 Å². The van der Waals surface area contributed by atoms with Crippen LogP contribution in [0.25, 0.3) is 0 Å². The lowest BCUT2D eigenvalue weighted by Crippen LogP contribution is -2.16. The van der Waals surface area contributed by atoms with Gasteiger partial charge in [0, 0.05) is 10.9 Å². The van der Waals surface area contributed by atoms with Gasteiger partial charge in [0.2, 0.25) is 5.95 Å². The Kier molecular flexibility index (Phi) is 5.67. The van der Waals surface area contributed by atoms with E-state index in [4.69, 9.17) is 0 Å². The van der Waals surface area contributed by atoms with Gasteiger partial charge in [-0.2, -0.15) is 5.10 Å². The van der Waals surface area contributed by atoms with Gasteiger partial charge < -0.3 is 5.32 Å². The van der Waals surface area contributed by atoms with Gasteiger partial charge in [0.05, 0.1) is 12.3 Å². The summed E-state index contributed by atoms with van der Waals surface area (Å²) in [5, 5.41) is 16.7. The predicted molar refractivity (Wildman–Crippen MR) is 107 cm³/mol. The summed E-state index contributed by atoms with van der Waals surface area (Å²) in [6.45, 7) is 6.53. The Morgan fingerprint density at radius 3 is 2.77 bits per heavy atom. The number of nitrogens with one attached hydrogen (secondary N) is 3. The highest BCUT2D eigenvalue weighted by Crippen LogP contribution is 2.24. The summed E-state index contributed by atoms with van der Waals surface area (Å²) in [6, 6.07) is 7.93. The Balaban J connectivity index is 1.62. The number of amidine groups is 1. The van der Waals surface area contributed by atoms with E-state index in [0.29, 0.717) is 10.9 Å². The van der Waals surface area contributed by atoms with Crippen molar-refractivity contribution in [2.45, 2.75) is 32.4 Å². The highest BCUT2D eigenvalue weighted by atomic mass is 32.2. The first kappa shape index (κ1) is 18.1. The average Bonchev–Trinajstić information content (AvgIpc) is 3.10. The maximum absolute atomic E-state index is 11.5. The molecule has 0 unspecified atom stereocenters. The molecule has 2 aromatic rings. The van der Waals surface area contributed by atoms with E-state index in [1.165, 1.54) is 0 Å². The highest BCUT2D eigenvalue weighted by molar-refractivity contribution is 8.15. The summed E-state index contributed by atoms with van der Waals surface area (Å²) in [5.74, 6) is 0.208. The van der Waals surface area contributed by atoms with Crippen molar-refractivity contribution < 1.29 is 0 Å². The average molecular weight is 371 g/mol. The summed E-state index contributed by atoms with van der Waals surface area (Å²) in [5.41, 5.74) is 5.45. The van der Waals surface area contributed by atoms with Crippen molar-refractivity contribution in [3.63, 3.8) is 0 Å². The van der Waals surface area contributed by atoms with Crippen molar-refractivity contribution >= 4 is 34.3 Å². The number of nitrogens with zero attached hydrogens (tertiary/aromatic N) is 4. The fourth-order valence-corrected chi connectivity index (χ4v) is 3.22. The quantitative estimate of drug-likeness (QED) is 0.551. The standard InChI is InChI=1S/C17H21N7OS/c1-4-14-9-18-17(26-14)19-13-7-5-12(6-8-13)10(2)21-23-16-20-15(25)11(3)22-24-16/h5-8,14H,4,9H2,1-3H3,(H,18,19)(H2,20,23,24,25)/b21-10-/t14-/m1/s1. The van der Waals surface area contributed by atoms with Crippen LogP contribution in [0.1, 0.15) is 31.5 Å². The monoisotopic (exact) mass is 371 g/mol. The molecule has 136 valence electrons. The SMILES string of the molecule is CC[C@@H]1CN=C(Nc2ccc(/C(C)=N\Nc3nnc(C)c(=O)[nH]3)cc2)S1. The van der Waals surface area contributed by atoms with Crippen LogP contribution in [-0.2, 0) is 0 Å². The molecule has 26 heavy (non-hydrogen) atoms. The van der Waals surface area contributed by atoms with E-state index >= 15 is 0 Å². The number of benzene rings is 1. The van der Waals surface area contributed by atoms with Crippen molar-refractivity contribution in [2.75, 3.05) is 17.3 Å². The number of H-pyrrole nitrogens is 1. The zero-order valence-electron chi connectivity index (χ0n) is 14.9. The van der Waals surface area contributed by atoms with Gasteiger partial charge in [-0.25, -0.2) is 5.43 Å². The lowest BCUT2D eigenvalue weighted by Gasteiger charge is -2.08. The Morgan fingerprint density at radius 1 is 1.35 bits per heavy atom. The lowest BCUT2D eigenvalue weighted by molar-refractivity contribution is 0.843. The second-order valence-corrected chi connectivity index (χ2v) is 7.18. The van der Waals surface area contributed by atoms with Gasteiger partial charge in [0.15, 0.2) is 5.17 Å². The molecule has 1 atom stereocenters. The third kappa shape index (κ3) is 4.48. The predicted octanol–water partition coefficient (Wildman–Crippen LogP) is 2.60. The molecule has 0 amide bonds. The lowest BCUT2D eigenvalue weighted by atomic mass is 10.1. The first-order valence-electron chi connectivity index (χ1n) is 8.37. The summed E-state index contributed by atoms with van der Waals surface area (Å²) in [7, 11) is 0. The number of hydrazone groups is 1. The molecule has 1 aliphatic heterocycles. The Bertz CT molecular complexity index is 889. The second kappa shape index (κ2) is 8.13. The minimum atomic E-state index is -0.288. The molecule has 9 heteroatoms. The number of hydrogen-bond acceptors (Lipinski definition) is 8. The molecule has 3 N–H and O–H groups in total. The van der Waals surface area contributed by atoms with Crippen LogP contribution in [0.4, 0.5) is 11.6 Å². The number of rotatable bonds is 5. The molecule has 3 rings (SSSR count). The third-order valence-electron chi connectivity index (χ3n) is 3.92. The van der Waals surface area contributed by atoms with Crippen LogP contribution in [0.2, 0.25) is 0 Å². The van der Waals surface area contributed by atoms with Gasteiger partial charge in [-0.15, -0.1) is 10.2 Å². The molecule has 0 bridgehead atoms. The van der Waals surface area contributed by atoms with E-state index in [2.05, 4.69) is 42.9 Å². The minimum absolute atomic E-state index is 0.208. The van der Waals surface area contributed by atoms with E-state index in [1.807, 2.05) is 31.2 Å². The number of thioether (sulfide) groups is 1. The number of aromatic amines is 1. The number of hydrogen-bond donors (Lipinski definition) is 3. The molecule has 2 heterocycles. The van der Waals surface area contributed by atoms with Crippen LogP contribution >= 0.6 is 11.8 Å². The van der Waals surface area contributed by atoms with E-state index in [1.54, 1.807) is 18.7 Å². The smallest absolute Gasteiger partial charge is 0.274 e. The molecule has 0 saturated heterocycles. The topological polar surface area (TPSA) is 107 Å². The van der Waals surface area contributed by atoms with Crippen molar-refractivity contribution in [1.29, 1.82) is 0 Å². The normalized spacial score (nSPS) is 17.1. The van der Waals surface area contributed by atoms with E-state index in [-0.39, 0.29) is 11.5 Å². The van der Waals surface area contributed by atoms with Crippen molar-refractivity contribution in [1.82, 2.24) is 15.2 Å². The fraction of sp³-hybridized carbons (Fsp3) is 0.353. The largest absolute Gasteiger partial charge is 0.335 e. The molecule has 0 fully saturated rings. The number of anilines is 2. The van der Waals surface area contributed by atoms with Crippen molar-refractivity contribution in [3.8, 4) is 0 Å². The summed E-state index contributed by atoms with van der Waals surface area (Å²) in [4.78, 5) is 18.6. The van der Waals surface area contributed by atoms with Crippen LogP contribution in [0.3, 0.4) is 0 Å². The zero-order chi connectivity index (χ0) is 18.5. The first-order valence-corrected chi connectivity index (χ1v) is 9.25. The Morgan fingerprint density at radius 2 is 2.12 bits per heavy atom. The van der Waals surface area contributed by atoms with Crippen LogP contribution in [0.15, 0.2) is 39.2 Å². The van der Waals surface area contributed by atoms with Gasteiger partial charge in [-0.05, 0) is 38.0 Å². The summed E-state index contributed by atoms with van der Waals surface area (Å²) < 4.78 is 0. The van der Waals surface area contributed by atoms with E-state index < -0.39 is 0 Å². The molecule has 1 aromatic carbocycles. The first-order chi connectivity index (χ1) is 12.5. The van der Waals surface area contributed by atoms with Crippen LogP contribution in [0.5, 0.6) is 0 Å². The van der Waals surface area contributed by atoms with Gasteiger partial charge in [0.25, 0.3) is 5.56 Å². The highest BCUT2D eigenvalue weighted by Gasteiger charge is 2.17. The second-order valence-electron chi connectivity index (χ2n) is 5.89. The molecule has 1 aromatic heterocycles. The minimum Gasteiger partial charge on any atom is -0.335 e. The van der Waals surface area contributed by atoms with Gasteiger partial charge in [-0.1, -0.05) is 30.8 Å². The summed E-state index contributed by atoms with van der Waals surface area (Å²) >= 11 is 1.79. The molecule has 1 aliphatic rings. The number of aryl methyl sites for hydroxylation is 1. The Hall–Kier alpha value is -2.68. The Labute approximate surface area is 155 Å². The van der Waals surface area contributed by atoms with Crippen LogP contribution < -0.4 is 16.3 Å². The molecule has 8 nitrogen and oxygen atoms in total. The van der Waals surface area contributed by atoms with Gasteiger partial charge in [-0.3, -0.25) is 14.8 Å². The van der Waals surface area contributed by atoms with Gasteiger partial charge >= 0.3 is 0 Å². The van der Waals surface area contributed by atoms with Crippen molar-refractivity contribution in [2.24, 2.45) is 10.1 Å². The molecule has 0 spiro atoms. The molecular weight excluding hydrogens is 350 g/mol.